The average Bonchev–Trinajstić information content (AvgIpc) is 2.73. The molecule has 0 aliphatic heterocycles. The Kier molecular flexibility index (Phi) is 1.95. The fraction of sp³-hybridized carbons (Fsp3) is 0.750. The van der Waals surface area contributed by atoms with Crippen LogP contribution in [-0.2, 0) is 5.41 Å². The molecule has 1 saturated carbocycles. The minimum absolute atomic E-state index is 0.0703. The molecule has 72 valence electrons. The summed E-state index contributed by atoms with van der Waals surface area (Å²) in [4.78, 5) is 13.6. The summed E-state index contributed by atoms with van der Waals surface area (Å²) >= 11 is 0. The fourth-order valence-electron chi connectivity index (χ4n) is 2.11. The number of hydrogen-bond acceptors (Lipinski definition) is 3. The molecule has 5 nitrogen and oxygen atoms in total. The SMILES string of the molecule is NCC1(c2n[nH]c(=O)[nH]2)CCCC1. The molecule has 4 N–H and O–H groups in total. The van der Waals surface area contributed by atoms with E-state index >= 15 is 0 Å². The van der Waals surface area contributed by atoms with Crippen LogP contribution in [0.1, 0.15) is 31.5 Å². The number of nitrogens with two attached hydrogens (primary N) is 1. The van der Waals surface area contributed by atoms with Gasteiger partial charge in [-0.1, -0.05) is 12.8 Å². The van der Waals surface area contributed by atoms with E-state index in [-0.39, 0.29) is 11.1 Å². The van der Waals surface area contributed by atoms with Crippen molar-refractivity contribution in [2.24, 2.45) is 5.73 Å². The molecular weight excluding hydrogens is 168 g/mol. The zero-order valence-electron chi connectivity index (χ0n) is 7.47. The van der Waals surface area contributed by atoms with Crippen molar-refractivity contribution in [3.05, 3.63) is 16.3 Å². The first-order chi connectivity index (χ1) is 6.27. The van der Waals surface area contributed by atoms with Crippen LogP contribution in [0.25, 0.3) is 0 Å². The summed E-state index contributed by atoms with van der Waals surface area (Å²) in [7, 11) is 0. The van der Waals surface area contributed by atoms with E-state index in [1.54, 1.807) is 0 Å². The third kappa shape index (κ3) is 1.29. The Morgan fingerprint density at radius 1 is 1.46 bits per heavy atom. The Morgan fingerprint density at radius 2 is 2.15 bits per heavy atom. The summed E-state index contributed by atoms with van der Waals surface area (Å²) in [5, 5.41) is 6.36. The first-order valence-corrected chi connectivity index (χ1v) is 4.62. The van der Waals surface area contributed by atoms with Gasteiger partial charge in [-0.2, -0.15) is 5.10 Å². The lowest BCUT2D eigenvalue weighted by Crippen LogP contribution is -2.33. The van der Waals surface area contributed by atoms with Crippen molar-refractivity contribution in [1.82, 2.24) is 15.2 Å². The number of aromatic nitrogens is 3. The molecule has 0 unspecified atom stereocenters. The third-order valence-electron chi connectivity index (χ3n) is 2.95. The van der Waals surface area contributed by atoms with Crippen molar-refractivity contribution in [3.8, 4) is 0 Å². The summed E-state index contributed by atoms with van der Waals surface area (Å²) in [6.07, 6.45) is 4.41. The zero-order chi connectivity index (χ0) is 9.31. The van der Waals surface area contributed by atoms with Crippen LogP contribution in [0.15, 0.2) is 4.79 Å². The summed E-state index contributed by atoms with van der Waals surface area (Å²) in [6.45, 7) is 0.563. The highest BCUT2D eigenvalue weighted by molar-refractivity contribution is 5.09. The molecule has 1 aliphatic carbocycles. The molecule has 0 amide bonds. The van der Waals surface area contributed by atoms with E-state index in [0.717, 1.165) is 18.7 Å². The molecule has 13 heavy (non-hydrogen) atoms. The van der Waals surface area contributed by atoms with Crippen LogP contribution in [0.5, 0.6) is 0 Å². The van der Waals surface area contributed by atoms with Gasteiger partial charge in [0.15, 0.2) is 0 Å². The Bertz CT molecular complexity index is 334. The molecule has 1 heterocycles. The van der Waals surface area contributed by atoms with Gasteiger partial charge in [0.25, 0.3) is 0 Å². The maximum atomic E-state index is 10.9. The van der Waals surface area contributed by atoms with Crippen molar-refractivity contribution >= 4 is 0 Å². The lowest BCUT2D eigenvalue weighted by molar-refractivity contribution is 0.426. The molecule has 0 aromatic carbocycles. The second-order valence-corrected chi connectivity index (χ2v) is 3.72. The van der Waals surface area contributed by atoms with Gasteiger partial charge in [-0.05, 0) is 12.8 Å². The number of H-pyrrole nitrogens is 2. The van der Waals surface area contributed by atoms with Crippen LogP contribution in [0, 0.1) is 0 Å². The largest absolute Gasteiger partial charge is 0.340 e. The maximum absolute atomic E-state index is 10.9. The molecular formula is C8H14N4O. The number of nitrogens with zero attached hydrogens (tertiary/aromatic N) is 1. The summed E-state index contributed by atoms with van der Waals surface area (Å²) in [6, 6.07) is 0. The topological polar surface area (TPSA) is 87.6 Å². The highest BCUT2D eigenvalue weighted by Gasteiger charge is 2.37. The van der Waals surface area contributed by atoms with E-state index in [1.807, 2.05) is 0 Å². The van der Waals surface area contributed by atoms with E-state index in [2.05, 4.69) is 15.2 Å². The Balaban J connectivity index is 2.35. The number of aromatic amines is 2. The van der Waals surface area contributed by atoms with E-state index in [9.17, 15) is 4.79 Å². The molecule has 0 spiro atoms. The fourth-order valence-corrected chi connectivity index (χ4v) is 2.11. The summed E-state index contributed by atoms with van der Waals surface area (Å²) in [5.41, 5.74) is 5.42. The van der Waals surface area contributed by atoms with Gasteiger partial charge in [0.1, 0.15) is 5.82 Å². The monoisotopic (exact) mass is 182 g/mol. The normalized spacial score (nSPS) is 20.7. The van der Waals surface area contributed by atoms with E-state index in [4.69, 9.17) is 5.73 Å². The molecule has 1 fully saturated rings. The van der Waals surface area contributed by atoms with Crippen LogP contribution < -0.4 is 11.4 Å². The van der Waals surface area contributed by atoms with Crippen LogP contribution in [0.3, 0.4) is 0 Å². The van der Waals surface area contributed by atoms with Gasteiger partial charge < -0.3 is 5.73 Å². The van der Waals surface area contributed by atoms with Crippen LogP contribution in [0.2, 0.25) is 0 Å². The molecule has 0 saturated heterocycles. The zero-order valence-corrected chi connectivity index (χ0v) is 7.47. The Hall–Kier alpha value is -1.10. The lowest BCUT2D eigenvalue weighted by Gasteiger charge is -2.23. The van der Waals surface area contributed by atoms with Crippen LogP contribution in [0.4, 0.5) is 0 Å². The number of nitrogens with one attached hydrogen (secondary N) is 2. The van der Waals surface area contributed by atoms with Crippen LogP contribution in [-0.4, -0.2) is 21.7 Å². The van der Waals surface area contributed by atoms with Gasteiger partial charge >= 0.3 is 5.69 Å². The molecule has 0 atom stereocenters. The molecule has 5 heteroatoms. The van der Waals surface area contributed by atoms with E-state index in [0.29, 0.717) is 6.54 Å². The van der Waals surface area contributed by atoms with Crippen molar-refractivity contribution in [2.75, 3.05) is 6.54 Å². The minimum Gasteiger partial charge on any atom is -0.329 e. The second-order valence-electron chi connectivity index (χ2n) is 3.72. The van der Waals surface area contributed by atoms with Crippen molar-refractivity contribution in [3.63, 3.8) is 0 Å². The summed E-state index contributed by atoms with van der Waals surface area (Å²) in [5.74, 6) is 0.734. The molecule has 1 aromatic heterocycles. The molecule has 0 radical (unpaired) electrons. The van der Waals surface area contributed by atoms with Crippen molar-refractivity contribution < 1.29 is 0 Å². The molecule has 2 rings (SSSR count). The predicted molar refractivity (Wildman–Crippen MR) is 48.4 cm³/mol. The van der Waals surface area contributed by atoms with Gasteiger partial charge in [-0.25, -0.2) is 9.89 Å². The third-order valence-corrected chi connectivity index (χ3v) is 2.95. The van der Waals surface area contributed by atoms with Crippen LogP contribution >= 0.6 is 0 Å². The molecule has 0 bridgehead atoms. The first-order valence-electron chi connectivity index (χ1n) is 4.62. The smallest absolute Gasteiger partial charge is 0.329 e. The Morgan fingerprint density at radius 3 is 2.62 bits per heavy atom. The predicted octanol–water partition coefficient (Wildman–Crippen LogP) is -0.132. The lowest BCUT2D eigenvalue weighted by atomic mass is 9.85. The summed E-state index contributed by atoms with van der Waals surface area (Å²) < 4.78 is 0. The van der Waals surface area contributed by atoms with Gasteiger partial charge in [0.05, 0.1) is 0 Å². The maximum Gasteiger partial charge on any atom is 0.340 e. The second kappa shape index (κ2) is 2.99. The standard InChI is InChI=1S/C8H14N4O/c9-5-8(3-1-2-4-8)6-10-7(13)12-11-6/h1-5,9H2,(H2,10,11,12,13). The van der Waals surface area contributed by atoms with Crippen molar-refractivity contribution in [1.29, 1.82) is 0 Å². The van der Waals surface area contributed by atoms with Gasteiger partial charge in [-0.3, -0.25) is 4.98 Å². The highest BCUT2D eigenvalue weighted by atomic mass is 16.1. The Labute approximate surface area is 75.7 Å². The van der Waals surface area contributed by atoms with E-state index in [1.165, 1.54) is 12.8 Å². The highest BCUT2D eigenvalue weighted by Crippen LogP contribution is 2.37. The van der Waals surface area contributed by atoms with Gasteiger partial charge in [-0.15, -0.1) is 0 Å². The van der Waals surface area contributed by atoms with Gasteiger partial charge in [0, 0.05) is 12.0 Å². The average molecular weight is 182 g/mol. The van der Waals surface area contributed by atoms with Gasteiger partial charge in [0.2, 0.25) is 0 Å². The number of hydrogen-bond donors (Lipinski definition) is 3. The molecule has 1 aliphatic rings. The van der Waals surface area contributed by atoms with E-state index < -0.39 is 0 Å². The first kappa shape index (κ1) is 8.50. The quantitative estimate of drug-likeness (QED) is 0.595. The molecule has 1 aromatic rings. The number of rotatable bonds is 2. The van der Waals surface area contributed by atoms with Crippen molar-refractivity contribution in [2.45, 2.75) is 31.1 Å². The minimum atomic E-state index is -0.241.